The molecule has 2 aromatic rings. The van der Waals surface area contributed by atoms with Crippen LogP contribution in [-0.2, 0) is 39.1 Å². The van der Waals surface area contributed by atoms with E-state index >= 15 is 0 Å². The van der Waals surface area contributed by atoms with E-state index in [0.29, 0.717) is 11.1 Å². The number of carbonyl (C=O) groups excluding carboxylic acids is 1. The summed E-state index contributed by atoms with van der Waals surface area (Å²) in [5.41, 5.74) is 1.99. The summed E-state index contributed by atoms with van der Waals surface area (Å²) in [5.74, 6) is -0.263. The lowest BCUT2D eigenvalue weighted by atomic mass is 10.1. The number of alkyl halides is 3. The van der Waals surface area contributed by atoms with E-state index in [2.05, 4.69) is 10.1 Å². The Kier molecular flexibility index (Phi) is 7.17. The van der Waals surface area contributed by atoms with Crippen LogP contribution in [0.15, 0.2) is 53.4 Å². The highest BCUT2D eigenvalue weighted by Gasteiger charge is 2.27. The fourth-order valence-corrected chi connectivity index (χ4v) is 2.80. The maximum absolute atomic E-state index is 12.0. The number of amides is 1. The lowest BCUT2D eigenvalue weighted by molar-refractivity contribution is -0.176. The first-order chi connectivity index (χ1) is 13.0. The molecule has 0 unspecified atom stereocenters. The summed E-state index contributed by atoms with van der Waals surface area (Å²) < 4.78 is 63.1. The van der Waals surface area contributed by atoms with Crippen molar-refractivity contribution >= 4 is 15.9 Å². The average molecular weight is 416 g/mol. The molecule has 3 N–H and O–H groups in total. The van der Waals surface area contributed by atoms with E-state index in [1.807, 2.05) is 0 Å². The Morgan fingerprint density at radius 3 is 2.04 bits per heavy atom. The van der Waals surface area contributed by atoms with Gasteiger partial charge in [0, 0.05) is 6.54 Å². The summed E-state index contributed by atoms with van der Waals surface area (Å²) in [4.78, 5) is 12.0. The number of benzene rings is 2. The number of primary sulfonamides is 1. The van der Waals surface area contributed by atoms with E-state index < -0.39 is 22.8 Å². The Hall–Kier alpha value is -2.43. The average Bonchev–Trinajstić information content (AvgIpc) is 2.60. The highest BCUT2D eigenvalue weighted by molar-refractivity contribution is 7.89. The number of carbonyl (C=O) groups is 1. The van der Waals surface area contributed by atoms with Crippen molar-refractivity contribution in [3.8, 4) is 0 Å². The molecule has 2 rings (SSSR count). The zero-order valence-corrected chi connectivity index (χ0v) is 15.5. The number of nitrogens with two attached hydrogens (primary N) is 1. The van der Waals surface area contributed by atoms with E-state index in [-0.39, 0.29) is 30.4 Å². The van der Waals surface area contributed by atoms with E-state index in [9.17, 15) is 26.4 Å². The summed E-state index contributed by atoms with van der Waals surface area (Å²) in [7, 11) is -3.78. The predicted molar refractivity (Wildman–Crippen MR) is 95.5 cm³/mol. The molecule has 0 heterocycles. The third-order valence-electron chi connectivity index (χ3n) is 3.66. The minimum atomic E-state index is -4.36. The highest BCUT2D eigenvalue weighted by atomic mass is 32.2. The molecular formula is C18H19F3N2O4S. The SMILES string of the molecule is NS(=O)(=O)c1ccc(CC(=O)NCc2ccc(COCC(F)(F)F)cc2)cc1. The van der Waals surface area contributed by atoms with Crippen molar-refractivity contribution in [3.63, 3.8) is 0 Å². The number of nitrogens with one attached hydrogen (secondary N) is 1. The zero-order valence-electron chi connectivity index (χ0n) is 14.7. The van der Waals surface area contributed by atoms with E-state index in [1.165, 1.54) is 24.3 Å². The normalized spacial score (nSPS) is 12.0. The highest BCUT2D eigenvalue weighted by Crippen LogP contribution is 2.16. The minimum Gasteiger partial charge on any atom is -0.367 e. The smallest absolute Gasteiger partial charge is 0.367 e. The molecule has 0 radical (unpaired) electrons. The van der Waals surface area contributed by atoms with Crippen molar-refractivity contribution in [1.82, 2.24) is 5.32 Å². The van der Waals surface area contributed by atoms with Gasteiger partial charge in [0.05, 0.1) is 17.9 Å². The Bertz CT molecular complexity index is 896. The van der Waals surface area contributed by atoms with Crippen molar-refractivity contribution in [2.75, 3.05) is 6.61 Å². The molecule has 0 spiro atoms. The fourth-order valence-electron chi connectivity index (χ4n) is 2.28. The van der Waals surface area contributed by atoms with Crippen molar-refractivity contribution in [2.45, 2.75) is 30.6 Å². The van der Waals surface area contributed by atoms with Gasteiger partial charge in [-0.3, -0.25) is 4.79 Å². The molecular weight excluding hydrogens is 397 g/mol. The topological polar surface area (TPSA) is 98.5 Å². The molecule has 2 aromatic carbocycles. The first-order valence-electron chi connectivity index (χ1n) is 8.14. The quantitative estimate of drug-likeness (QED) is 0.690. The summed E-state index contributed by atoms with van der Waals surface area (Å²) in [5, 5.41) is 7.72. The largest absolute Gasteiger partial charge is 0.411 e. The van der Waals surface area contributed by atoms with Gasteiger partial charge >= 0.3 is 6.18 Å². The first-order valence-corrected chi connectivity index (χ1v) is 9.68. The number of halogens is 3. The van der Waals surface area contributed by atoms with Gasteiger partial charge in [0.1, 0.15) is 6.61 Å². The number of hydrogen-bond acceptors (Lipinski definition) is 4. The Morgan fingerprint density at radius 1 is 0.964 bits per heavy atom. The van der Waals surface area contributed by atoms with Crippen LogP contribution >= 0.6 is 0 Å². The Balaban J connectivity index is 1.79. The Labute approximate surface area is 160 Å². The molecule has 152 valence electrons. The lowest BCUT2D eigenvalue weighted by Crippen LogP contribution is -2.24. The van der Waals surface area contributed by atoms with Gasteiger partial charge in [-0.2, -0.15) is 13.2 Å². The monoisotopic (exact) mass is 416 g/mol. The molecule has 10 heteroatoms. The van der Waals surface area contributed by atoms with Crippen LogP contribution in [0.1, 0.15) is 16.7 Å². The second kappa shape index (κ2) is 9.18. The maximum Gasteiger partial charge on any atom is 0.411 e. The summed E-state index contributed by atoms with van der Waals surface area (Å²) in [6, 6.07) is 12.3. The van der Waals surface area contributed by atoms with Crippen LogP contribution in [0.5, 0.6) is 0 Å². The maximum atomic E-state index is 12.0. The van der Waals surface area contributed by atoms with Gasteiger partial charge < -0.3 is 10.1 Å². The molecule has 0 aliphatic carbocycles. The third-order valence-corrected chi connectivity index (χ3v) is 4.59. The molecule has 6 nitrogen and oxygen atoms in total. The van der Waals surface area contributed by atoms with Crippen LogP contribution in [0.2, 0.25) is 0 Å². The van der Waals surface area contributed by atoms with Gasteiger partial charge in [0.25, 0.3) is 0 Å². The molecule has 28 heavy (non-hydrogen) atoms. The van der Waals surface area contributed by atoms with Gasteiger partial charge in [0.2, 0.25) is 15.9 Å². The van der Waals surface area contributed by atoms with Gasteiger partial charge in [-0.05, 0) is 28.8 Å². The summed E-state index contributed by atoms with van der Waals surface area (Å²) in [6.45, 7) is -1.21. The standard InChI is InChI=1S/C18H19F3N2O4S/c19-18(20,21)12-27-11-15-3-1-14(2-4-15)10-23-17(24)9-13-5-7-16(8-6-13)28(22,25)26/h1-8H,9-12H2,(H,23,24)(H2,22,25,26). The predicted octanol–water partition coefficient (Wildman–Crippen LogP) is 2.27. The van der Waals surface area contributed by atoms with E-state index in [0.717, 1.165) is 5.56 Å². The summed E-state index contributed by atoms with van der Waals surface area (Å²) in [6.07, 6.45) is -4.29. The molecule has 0 saturated carbocycles. The van der Waals surface area contributed by atoms with Crippen molar-refractivity contribution in [1.29, 1.82) is 0 Å². The van der Waals surface area contributed by atoms with Crippen molar-refractivity contribution in [3.05, 3.63) is 65.2 Å². The zero-order chi connectivity index (χ0) is 20.8. The molecule has 1 amide bonds. The molecule has 0 aliphatic heterocycles. The van der Waals surface area contributed by atoms with Crippen LogP contribution in [0.3, 0.4) is 0 Å². The van der Waals surface area contributed by atoms with Gasteiger partial charge in [-0.1, -0.05) is 36.4 Å². The third kappa shape index (κ3) is 7.67. The van der Waals surface area contributed by atoms with E-state index in [1.54, 1.807) is 24.3 Å². The fraction of sp³-hybridized carbons (Fsp3) is 0.278. The molecule has 0 atom stereocenters. The number of sulfonamides is 1. The molecule has 0 bridgehead atoms. The van der Waals surface area contributed by atoms with Gasteiger partial charge in [-0.25, -0.2) is 13.6 Å². The molecule has 0 aliphatic rings. The van der Waals surface area contributed by atoms with Crippen LogP contribution in [0.25, 0.3) is 0 Å². The van der Waals surface area contributed by atoms with Crippen LogP contribution in [0.4, 0.5) is 13.2 Å². The molecule has 0 fully saturated rings. The second-order valence-electron chi connectivity index (χ2n) is 6.07. The van der Waals surface area contributed by atoms with Gasteiger partial charge in [-0.15, -0.1) is 0 Å². The number of ether oxygens (including phenoxy) is 1. The molecule has 0 aromatic heterocycles. The number of hydrogen-bond donors (Lipinski definition) is 2. The van der Waals surface area contributed by atoms with Gasteiger partial charge in [0.15, 0.2) is 0 Å². The second-order valence-corrected chi connectivity index (χ2v) is 7.63. The van der Waals surface area contributed by atoms with Crippen LogP contribution in [-0.4, -0.2) is 27.1 Å². The van der Waals surface area contributed by atoms with Crippen molar-refractivity contribution < 1.29 is 31.1 Å². The first kappa shape index (κ1) is 21.9. The summed E-state index contributed by atoms with van der Waals surface area (Å²) >= 11 is 0. The van der Waals surface area contributed by atoms with Crippen LogP contribution < -0.4 is 10.5 Å². The number of rotatable bonds is 8. The van der Waals surface area contributed by atoms with Crippen molar-refractivity contribution in [2.24, 2.45) is 5.14 Å². The van der Waals surface area contributed by atoms with E-state index in [4.69, 9.17) is 5.14 Å². The Morgan fingerprint density at radius 2 is 1.50 bits per heavy atom. The minimum absolute atomic E-state index is 0.0315. The molecule has 0 saturated heterocycles. The lowest BCUT2D eigenvalue weighted by Gasteiger charge is -2.09. The van der Waals surface area contributed by atoms with Crippen LogP contribution in [0, 0.1) is 0 Å².